The maximum Gasteiger partial charge on any atom is 0.231 e. The van der Waals surface area contributed by atoms with E-state index >= 15 is 0 Å². The van der Waals surface area contributed by atoms with Gasteiger partial charge in [0.2, 0.25) is 11.8 Å². The maximum absolute atomic E-state index is 12.8. The van der Waals surface area contributed by atoms with Crippen molar-refractivity contribution in [3.05, 3.63) is 52.5 Å². The third kappa shape index (κ3) is 3.20. The van der Waals surface area contributed by atoms with E-state index in [0.29, 0.717) is 5.56 Å². The van der Waals surface area contributed by atoms with Gasteiger partial charge >= 0.3 is 0 Å². The molecule has 2 rings (SSSR count). The van der Waals surface area contributed by atoms with Gasteiger partial charge in [-0.1, -0.05) is 12.1 Å². The summed E-state index contributed by atoms with van der Waals surface area (Å²) < 4.78 is 18.1. The first-order valence-corrected chi connectivity index (χ1v) is 6.51. The van der Waals surface area contributed by atoms with Gasteiger partial charge in [0.15, 0.2) is 5.78 Å². The molecule has 0 spiro atoms. The first kappa shape index (κ1) is 15.4. The van der Waals surface area contributed by atoms with E-state index in [-0.39, 0.29) is 40.8 Å². The standard InChI is InChI=1S/C16H13FN2O3/c1-9(20)15-10(2)22-16(13(15)8-18)19-14(21)7-11-3-5-12(17)6-4-11/h3-6H,7H2,1-2H3,(H,19,21). The van der Waals surface area contributed by atoms with Gasteiger partial charge in [0.1, 0.15) is 23.2 Å². The van der Waals surface area contributed by atoms with Crippen molar-refractivity contribution in [1.82, 2.24) is 0 Å². The lowest BCUT2D eigenvalue weighted by molar-refractivity contribution is -0.115. The minimum atomic E-state index is -0.424. The number of furan rings is 1. The van der Waals surface area contributed by atoms with E-state index in [1.807, 2.05) is 6.07 Å². The largest absolute Gasteiger partial charge is 0.443 e. The summed E-state index contributed by atoms with van der Waals surface area (Å²) in [5.41, 5.74) is 0.796. The summed E-state index contributed by atoms with van der Waals surface area (Å²) in [6.45, 7) is 2.87. The van der Waals surface area contributed by atoms with Crippen LogP contribution in [0.4, 0.5) is 10.3 Å². The molecule has 0 aliphatic rings. The number of hydrogen-bond acceptors (Lipinski definition) is 4. The molecule has 0 saturated carbocycles. The van der Waals surface area contributed by atoms with E-state index in [1.54, 1.807) is 6.92 Å². The minimum Gasteiger partial charge on any atom is -0.443 e. The van der Waals surface area contributed by atoms with Crippen molar-refractivity contribution in [3.63, 3.8) is 0 Å². The zero-order chi connectivity index (χ0) is 16.3. The van der Waals surface area contributed by atoms with Crippen molar-refractivity contribution in [2.45, 2.75) is 20.3 Å². The highest BCUT2D eigenvalue weighted by atomic mass is 19.1. The summed E-state index contributed by atoms with van der Waals surface area (Å²) in [7, 11) is 0. The van der Waals surface area contributed by atoms with Crippen LogP contribution in [0.25, 0.3) is 0 Å². The van der Waals surface area contributed by atoms with Crippen LogP contribution in [0.1, 0.15) is 34.2 Å². The van der Waals surface area contributed by atoms with E-state index in [1.165, 1.54) is 31.2 Å². The van der Waals surface area contributed by atoms with Crippen molar-refractivity contribution >= 4 is 17.6 Å². The number of rotatable bonds is 4. The SMILES string of the molecule is CC(=O)c1c(C)oc(NC(=O)Cc2ccc(F)cc2)c1C#N. The average molecular weight is 300 g/mol. The Hall–Kier alpha value is -2.94. The van der Waals surface area contributed by atoms with Crippen molar-refractivity contribution in [2.75, 3.05) is 5.32 Å². The first-order valence-electron chi connectivity index (χ1n) is 6.51. The fourth-order valence-corrected chi connectivity index (χ4v) is 2.12. The Morgan fingerprint density at radius 1 is 1.32 bits per heavy atom. The fourth-order valence-electron chi connectivity index (χ4n) is 2.12. The Bertz CT molecular complexity index is 770. The van der Waals surface area contributed by atoms with Gasteiger partial charge in [-0.3, -0.25) is 14.9 Å². The van der Waals surface area contributed by atoms with Gasteiger partial charge < -0.3 is 4.42 Å². The third-order valence-corrected chi connectivity index (χ3v) is 3.08. The molecule has 0 atom stereocenters. The lowest BCUT2D eigenvalue weighted by Crippen LogP contribution is -2.14. The maximum atomic E-state index is 12.8. The number of Topliss-reactive ketones (excluding diaryl/α,β-unsaturated/α-hetero) is 1. The normalized spacial score (nSPS) is 10.1. The number of aryl methyl sites for hydroxylation is 1. The lowest BCUT2D eigenvalue weighted by Gasteiger charge is -2.03. The van der Waals surface area contributed by atoms with Crippen LogP contribution in [0.3, 0.4) is 0 Å². The van der Waals surface area contributed by atoms with Crippen LogP contribution in [0.5, 0.6) is 0 Å². The second kappa shape index (κ2) is 6.22. The van der Waals surface area contributed by atoms with Gasteiger partial charge in [0.25, 0.3) is 0 Å². The third-order valence-electron chi connectivity index (χ3n) is 3.08. The molecule has 2 aromatic rings. The van der Waals surface area contributed by atoms with Crippen LogP contribution in [0, 0.1) is 24.1 Å². The van der Waals surface area contributed by atoms with Gasteiger partial charge in [0.05, 0.1) is 12.0 Å². The average Bonchev–Trinajstić information content (AvgIpc) is 2.76. The number of halogens is 1. The molecule has 6 heteroatoms. The number of carbonyl (C=O) groups is 2. The smallest absolute Gasteiger partial charge is 0.231 e. The highest BCUT2D eigenvalue weighted by Gasteiger charge is 2.22. The molecule has 0 fully saturated rings. The topological polar surface area (TPSA) is 83.1 Å². The molecule has 0 radical (unpaired) electrons. The second-order valence-electron chi connectivity index (χ2n) is 4.76. The monoisotopic (exact) mass is 300 g/mol. The molecular formula is C16H13FN2O3. The predicted octanol–water partition coefficient (Wildman–Crippen LogP) is 2.98. The molecule has 112 valence electrons. The molecule has 1 N–H and O–H groups in total. The fraction of sp³-hybridized carbons (Fsp3) is 0.188. The molecule has 1 amide bonds. The minimum absolute atomic E-state index is 0.000299. The Kier molecular flexibility index (Phi) is 4.37. The van der Waals surface area contributed by atoms with Gasteiger partial charge in [-0.25, -0.2) is 4.39 Å². The zero-order valence-electron chi connectivity index (χ0n) is 12.1. The molecular weight excluding hydrogens is 287 g/mol. The number of carbonyl (C=O) groups excluding carboxylic acids is 2. The Morgan fingerprint density at radius 3 is 2.50 bits per heavy atom. The number of nitriles is 1. The summed E-state index contributed by atoms with van der Waals surface area (Å²) in [6, 6.07) is 7.37. The van der Waals surface area contributed by atoms with Crippen LogP contribution >= 0.6 is 0 Å². The van der Waals surface area contributed by atoms with Gasteiger partial charge in [0, 0.05) is 0 Å². The van der Waals surface area contributed by atoms with Gasteiger partial charge in [-0.15, -0.1) is 0 Å². The Morgan fingerprint density at radius 2 is 1.95 bits per heavy atom. The molecule has 0 unspecified atom stereocenters. The van der Waals surface area contributed by atoms with E-state index in [4.69, 9.17) is 9.68 Å². The number of amides is 1. The molecule has 0 bridgehead atoms. The predicted molar refractivity (Wildman–Crippen MR) is 76.9 cm³/mol. The summed E-state index contributed by atoms with van der Waals surface area (Å²) >= 11 is 0. The van der Waals surface area contributed by atoms with Crippen molar-refractivity contribution < 1.29 is 18.4 Å². The number of benzene rings is 1. The molecule has 0 saturated heterocycles. The molecule has 0 aliphatic carbocycles. The van der Waals surface area contributed by atoms with Gasteiger partial charge in [-0.2, -0.15) is 5.26 Å². The van der Waals surface area contributed by atoms with Crippen LogP contribution in [-0.2, 0) is 11.2 Å². The van der Waals surface area contributed by atoms with Crippen molar-refractivity contribution in [3.8, 4) is 6.07 Å². The summed E-state index contributed by atoms with van der Waals surface area (Å²) in [5.74, 6) is -0.883. The first-order chi connectivity index (χ1) is 10.4. The molecule has 22 heavy (non-hydrogen) atoms. The van der Waals surface area contributed by atoms with Crippen LogP contribution < -0.4 is 5.32 Å². The highest BCUT2D eigenvalue weighted by molar-refractivity contribution is 6.01. The van der Waals surface area contributed by atoms with Crippen LogP contribution in [0.2, 0.25) is 0 Å². The lowest BCUT2D eigenvalue weighted by atomic mass is 10.1. The Balaban J connectivity index is 2.19. The molecule has 1 aromatic heterocycles. The van der Waals surface area contributed by atoms with Crippen LogP contribution in [0.15, 0.2) is 28.7 Å². The highest BCUT2D eigenvalue weighted by Crippen LogP contribution is 2.26. The molecule has 1 aromatic carbocycles. The zero-order valence-corrected chi connectivity index (χ0v) is 12.1. The number of ketones is 1. The summed E-state index contributed by atoms with van der Waals surface area (Å²) in [5, 5.41) is 11.6. The van der Waals surface area contributed by atoms with E-state index < -0.39 is 5.91 Å². The number of hydrogen-bond donors (Lipinski definition) is 1. The van der Waals surface area contributed by atoms with Crippen LogP contribution in [-0.4, -0.2) is 11.7 Å². The van der Waals surface area contributed by atoms with Crippen molar-refractivity contribution in [1.29, 1.82) is 5.26 Å². The summed E-state index contributed by atoms with van der Waals surface area (Å²) in [4.78, 5) is 23.5. The van der Waals surface area contributed by atoms with E-state index in [9.17, 15) is 14.0 Å². The number of nitrogens with zero attached hydrogens (tertiary/aromatic N) is 1. The summed E-state index contributed by atoms with van der Waals surface area (Å²) in [6.07, 6.45) is 0.000299. The quantitative estimate of drug-likeness (QED) is 0.880. The Labute approximate surface area is 126 Å². The molecule has 5 nitrogen and oxygen atoms in total. The second-order valence-corrected chi connectivity index (χ2v) is 4.76. The number of anilines is 1. The molecule has 1 heterocycles. The van der Waals surface area contributed by atoms with E-state index in [2.05, 4.69) is 5.32 Å². The van der Waals surface area contributed by atoms with Gasteiger partial charge in [-0.05, 0) is 31.5 Å². The van der Waals surface area contributed by atoms with E-state index in [0.717, 1.165) is 0 Å². The van der Waals surface area contributed by atoms with Crippen molar-refractivity contribution in [2.24, 2.45) is 0 Å². The molecule has 0 aliphatic heterocycles. The number of nitrogens with one attached hydrogen (secondary N) is 1.